The molecule has 1 aliphatic heterocycles. The predicted octanol–water partition coefficient (Wildman–Crippen LogP) is 3.30. The molecule has 1 heterocycles. The number of nitrogens with one attached hydrogen (secondary N) is 2. The average molecular weight is 410 g/mol. The summed E-state index contributed by atoms with van der Waals surface area (Å²) >= 11 is 0. The summed E-state index contributed by atoms with van der Waals surface area (Å²) in [6, 6.07) is 5.62. The van der Waals surface area contributed by atoms with Crippen LogP contribution in [0.15, 0.2) is 29.3 Å². The lowest BCUT2D eigenvalue weighted by molar-refractivity contribution is -0.137. The Balaban J connectivity index is 1.56. The van der Waals surface area contributed by atoms with Crippen LogP contribution in [0, 0.1) is 0 Å². The van der Waals surface area contributed by atoms with Crippen molar-refractivity contribution in [2.45, 2.75) is 50.6 Å². The van der Waals surface area contributed by atoms with Gasteiger partial charge in [-0.05, 0) is 44.2 Å². The number of halogens is 3. The first-order chi connectivity index (χ1) is 13.8. The van der Waals surface area contributed by atoms with E-state index in [1.165, 1.54) is 12.1 Å². The van der Waals surface area contributed by atoms with Crippen molar-refractivity contribution in [1.29, 1.82) is 0 Å². The Morgan fingerprint density at radius 2 is 2.07 bits per heavy atom. The van der Waals surface area contributed by atoms with E-state index in [1.807, 2.05) is 11.8 Å². The molecular formula is C21H29F3N4O. The molecule has 0 spiro atoms. The maximum atomic E-state index is 13.0. The fourth-order valence-corrected chi connectivity index (χ4v) is 3.70. The molecule has 2 aliphatic rings. The van der Waals surface area contributed by atoms with E-state index in [0.717, 1.165) is 44.8 Å². The second-order valence-corrected chi connectivity index (χ2v) is 7.82. The van der Waals surface area contributed by atoms with Gasteiger partial charge in [-0.15, -0.1) is 0 Å². The molecule has 0 atom stereocenters. The summed E-state index contributed by atoms with van der Waals surface area (Å²) in [5.74, 6) is 0.890. The number of benzene rings is 1. The van der Waals surface area contributed by atoms with Crippen LogP contribution in [0.2, 0.25) is 0 Å². The molecule has 160 valence electrons. The molecule has 0 bridgehead atoms. The highest BCUT2D eigenvalue weighted by molar-refractivity contribution is 5.80. The second kappa shape index (κ2) is 9.05. The number of nitrogens with zero attached hydrogens (tertiary/aromatic N) is 2. The van der Waals surface area contributed by atoms with Crippen LogP contribution in [-0.2, 0) is 16.4 Å². The Bertz CT molecular complexity index is 744. The largest absolute Gasteiger partial charge is 0.416 e. The summed E-state index contributed by atoms with van der Waals surface area (Å²) < 4.78 is 39.1. The third-order valence-electron chi connectivity index (χ3n) is 5.61. The van der Waals surface area contributed by atoms with Crippen molar-refractivity contribution >= 4 is 11.9 Å². The number of amides is 1. The first-order valence-electron chi connectivity index (χ1n) is 10.3. The molecule has 5 nitrogen and oxygen atoms in total. The fourth-order valence-electron chi connectivity index (χ4n) is 3.70. The Morgan fingerprint density at radius 1 is 1.28 bits per heavy atom. The highest BCUT2D eigenvalue weighted by Gasteiger charge is 2.45. The Hall–Kier alpha value is -2.25. The Labute approximate surface area is 169 Å². The van der Waals surface area contributed by atoms with Gasteiger partial charge in [0.25, 0.3) is 0 Å². The van der Waals surface area contributed by atoms with Gasteiger partial charge >= 0.3 is 6.18 Å². The number of alkyl halides is 3. The number of carbonyl (C=O) groups is 1. The van der Waals surface area contributed by atoms with Crippen LogP contribution in [0.1, 0.15) is 50.2 Å². The van der Waals surface area contributed by atoms with Gasteiger partial charge in [0, 0.05) is 38.0 Å². The lowest BCUT2D eigenvalue weighted by atomic mass is 9.94. The van der Waals surface area contributed by atoms with Crippen molar-refractivity contribution in [3.8, 4) is 0 Å². The normalized spacial score (nSPS) is 18.8. The van der Waals surface area contributed by atoms with Crippen LogP contribution in [-0.4, -0.2) is 49.5 Å². The number of likely N-dealkylation sites (tertiary alicyclic amines) is 1. The molecule has 1 aliphatic carbocycles. The molecule has 29 heavy (non-hydrogen) atoms. The van der Waals surface area contributed by atoms with E-state index in [2.05, 4.69) is 15.6 Å². The third-order valence-corrected chi connectivity index (χ3v) is 5.61. The molecule has 2 fully saturated rings. The highest BCUT2D eigenvalue weighted by atomic mass is 19.4. The van der Waals surface area contributed by atoms with E-state index >= 15 is 0 Å². The van der Waals surface area contributed by atoms with Crippen molar-refractivity contribution in [2.75, 3.05) is 32.7 Å². The van der Waals surface area contributed by atoms with Gasteiger partial charge in [0.05, 0.1) is 12.1 Å². The van der Waals surface area contributed by atoms with Gasteiger partial charge in [-0.1, -0.05) is 18.2 Å². The smallest absolute Gasteiger partial charge is 0.357 e. The molecule has 3 rings (SSSR count). The van der Waals surface area contributed by atoms with E-state index < -0.39 is 11.7 Å². The topological polar surface area (TPSA) is 56.7 Å². The quantitative estimate of drug-likeness (QED) is 0.393. The van der Waals surface area contributed by atoms with Gasteiger partial charge in [-0.2, -0.15) is 13.2 Å². The molecule has 0 aromatic heterocycles. The van der Waals surface area contributed by atoms with E-state index in [4.69, 9.17) is 0 Å². The maximum Gasteiger partial charge on any atom is 0.416 e. The molecular weight excluding hydrogens is 381 g/mol. The van der Waals surface area contributed by atoms with Crippen molar-refractivity contribution in [3.05, 3.63) is 35.4 Å². The number of carbonyl (C=O) groups excluding carboxylic acids is 1. The van der Waals surface area contributed by atoms with Crippen molar-refractivity contribution < 1.29 is 18.0 Å². The zero-order valence-corrected chi connectivity index (χ0v) is 16.8. The van der Waals surface area contributed by atoms with E-state index in [1.54, 1.807) is 6.07 Å². The van der Waals surface area contributed by atoms with Crippen molar-refractivity contribution in [2.24, 2.45) is 4.99 Å². The fraction of sp³-hybridized carbons (Fsp3) is 0.619. The zero-order valence-electron chi connectivity index (χ0n) is 16.8. The first-order valence-corrected chi connectivity index (χ1v) is 10.3. The molecule has 8 heteroatoms. The molecule has 0 unspecified atom stereocenters. The summed E-state index contributed by atoms with van der Waals surface area (Å²) in [7, 11) is 0. The summed E-state index contributed by atoms with van der Waals surface area (Å²) in [5, 5.41) is 6.45. The summed E-state index contributed by atoms with van der Waals surface area (Å²) in [6.45, 7) is 5.39. The van der Waals surface area contributed by atoms with Crippen LogP contribution >= 0.6 is 0 Å². The summed E-state index contributed by atoms with van der Waals surface area (Å²) in [5.41, 5.74) is -0.197. The van der Waals surface area contributed by atoms with Crippen LogP contribution in [0.3, 0.4) is 0 Å². The second-order valence-electron chi connectivity index (χ2n) is 7.82. The minimum atomic E-state index is -4.33. The zero-order chi connectivity index (χ0) is 20.9. The molecule has 1 saturated carbocycles. The van der Waals surface area contributed by atoms with E-state index in [9.17, 15) is 18.0 Å². The van der Waals surface area contributed by atoms with Crippen LogP contribution in [0.5, 0.6) is 0 Å². The SMILES string of the molecule is CCNC(=NCC1(c2cccc(C(F)(F)F)c2)CC1)NCCCN1CCCC1=O. The number of hydrogen-bond donors (Lipinski definition) is 2. The minimum absolute atomic E-state index is 0.224. The highest BCUT2D eigenvalue weighted by Crippen LogP contribution is 2.49. The number of hydrogen-bond acceptors (Lipinski definition) is 2. The van der Waals surface area contributed by atoms with E-state index in [0.29, 0.717) is 37.6 Å². The minimum Gasteiger partial charge on any atom is -0.357 e. The standard InChI is InChI=1S/C21H29F3N4O/c1-2-25-19(26-11-5-13-28-12-4-8-18(28)29)27-15-20(9-10-20)16-6-3-7-17(14-16)21(22,23)24/h3,6-7,14H,2,4-5,8-13,15H2,1H3,(H2,25,26,27). The Morgan fingerprint density at radius 3 is 2.69 bits per heavy atom. The molecule has 1 amide bonds. The van der Waals surface area contributed by atoms with Gasteiger partial charge in [0.2, 0.25) is 5.91 Å². The van der Waals surface area contributed by atoms with Gasteiger partial charge in [0.1, 0.15) is 0 Å². The van der Waals surface area contributed by atoms with Gasteiger partial charge in [0.15, 0.2) is 5.96 Å². The third kappa shape index (κ3) is 5.64. The van der Waals surface area contributed by atoms with Crippen LogP contribution in [0.4, 0.5) is 13.2 Å². The van der Waals surface area contributed by atoms with Crippen molar-refractivity contribution in [1.82, 2.24) is 15.5 Å². The number of aliphatic imine (C=N–C) groups is 1. The van der Waals surface area contributed by atoms with Gasteiger partial charge in [-0.25, -0.2) is 0 Å². The monoisotopic (exact) mass is 410 g/mol. The predicted molar refractivity (Wildman–Crippen MR) is 107 cm³/mol. The molecule has 1 aromatic rings. The first kappa shape index (κ1) is 21.5. The average Bonchev–Trinajstić information content (AvgIpc) is 3.38. The maximum absolute atomic E-state index is 13.0. The summed E-state index contributed by atoms with van der Waals surface area (Å²) in [4.78, 5) is 18.2. The molecule has 1 aromatic carbocycles. The van der Waals surface area contributed by atoms with Gasteiger partial charge < -0.3 is 15.5 Å². The molecule has 2 N–H and O–H groups in total. The molecule has 1 saturated heterocycles. The number of guanidine groups is 1. The lowest BCUT2D eigenvalue weighted by Crippen LogP contribution is -2.39. The van der Waals surface area contributed by atoms with Crippen molar-refractivity contribution in [3.63, 3.8) is 0 Å². The van der Waals surface area contributed by atoms with Crippen LogP contribution in [0.25, 0.3) is 0 Å². The Kier molecular flexibility index (Phi) is 6.70. The number of rotatable bonds is 8. The van der Waals surface area contributed by atoms with Gasteiger partial charge in [-0.3, -0.25) is 9.79 Å². The summed E-state index contributed by atoms with van der Waals surface area (Å²) in [6.07, 6.45) is -0.233. The van der Waals surface area contributed by atoms with Crippen LogP contribution < -0.4 is 10.6 Å². The lowest BCUT2D eigenvalue weighted by Gasteiger charge is -2.18. The van der Waals surface area contributed by atoms with E-state index in [-0.39, 0.29) is 11.3 Å². The molecule has 0 radical (unpaired) electrons.